The zero-order valence-corrected chi connectivity index (χ0v) is 10.2. The fraction of sp³-hybridized carbons (Fsp3) is 0.500. The molecule has 3 rings (SSSR count). The maximum absolute atomic E-state index is 11.0. The fourth-order valence-corrected chi connectivity index (χ4v) is 2.97. The van der Waals surface area contributed by atoms with E-state index in [4.69, 9.17) is 9.84 Å². The van der Waals surface area contributed by atoms with Gasteiger partial charge in [-0.05, 0) is 19.0 Å². The van der Waals surface area contributed by atoms with Crippen molar-refractivity contribution in [3.8, 4) is 5.75 Å². The number of aliphatic carboxylic acids is 1. The van der Waals surface area contributed by atoms with E-state index in [9.17, 15) is 4.79 Å². The van der Waals surface area contributed by atoms with Crippen LogP contribution in [0.3, 0.4) is 0 Å². The first-order valence-electron chi connectivity index (χ1n) is 6.44. The number of fused-ring (bicyclic) bond motifs is 1. The maximum Gasteiger partial charge on any atom is 0.307 e. The number of carboxylic acid groups (broad SMARTS) is 1. The Hall–Kier alpha value is -1.55. The van der Waals surface area contributed by atoms with E-state index >= 15 is 0 Å². The summed E-state index contributed by atoms with van der Waals surface area (Å²) >= 11 is 0. The lowest BCUT2D eigenvalue weighted by Crippen LogP contribution is -2.31. The van der Waals surface area contributed by atoms with E-state index in [1.54, 1.807) is 0 Å². The van der Waals surface area contributed by atoms with Crippen molar-refractivity contribution >= 4 is 5.97 Å². The largest absolute Gasteiger partial charge is 0.493 e. The summed E-state index contributed by atoms with van der Waals surface area (Å²) in [6, 6.07) is 8.40. The Morgan fingerprint density at radius 1 is 1.33 bits per heavy atom. The van der Waals surface area contributed by atoms with E-state index in [1.807, 2.05) is 18.2 Å². The number of carboxylic acids is 1. The molecule has 4 heteroatoms. The van der Waals surface area contributed by atoms with Crippen molar-refractivity contribution in [1.29, 1.82) is 0 Å². The summed E-state index contributed by atoms with van der Waals surface area (Å²) in [5.74, 6) is 0.0744. The molecule has 1 aromatic carbocycles. The van der Waals surface area contributed by atoms with Gasteiger partial charge in [-0.25, -0.2) is 0 Å². The van der Waals surface area contributed by atoms with Gasteiger partial charge in [-0.15, -0.1) is 0 Å². The Morgan fingerprint density at radius 3 is 2.94 bits per heavy atom. The standard InChI is InChI=1S/C14H17NO3/c16-14(17)10-5-7-15(9-10)12-6-8-18-13-4-2-1-3-11(12)13/h1-4,10,12H,5-9H2,(H,16,17). The molecule has 2 aliphatic heterocycles. The van der Waals surface area contributed by atoms with Crippen LogP contribution in [0.25, 0.3) is 0 Å². The molecule has 18 heavy (non-hydrogen) atoms. The van der Waals surface area contributed by atoms with Crippen LogP contribution < -0.4 is 4.74 Å². The second-order valence-corrected chi connectivity index (χ2v) is 5.01. The van der Waals surface area contributed by atoms with Crippen LogP contribution >= 0.6 is 0 Å². The molecule has 0 bridgehead atoms. The summed E-state index contributed by atoms with van der Waals surface area (Å²) < 4.78 is 5.64. The predicted octanol–water partition coefficient (Wildman–Crippen LogP) is 1.92. The number of para-hydroxylation sites is 1. The number of ether oxygens (including phenoxy) is 1. The normalized spacial score (nSPS) is 27.6. The maximum atomic E-state index is 11.0. The topological polar surface area (TPSA) is 49.8 Å². The monoisotopic (exact) mass is 247 g/mol. The number of likely N-dealkylation sites (tertiary alicyclic amines) is 1. The number of nitrogens with zero attached hydrogens (tertiary/aromatic N) is 1. The molecule has 1 N–H and O–H groups in total. The second kappa shape index (κ2) is 4.61. The van der Waals surface area contributed by atoms with Crippen molar-refractivity contribution < 1.29 is 14.6 Å². The number of benzene rings is 1. The molecule has 0 aliphatic carbocycles. The lowest BCUT2D eigenvalue weighted by atomic mass is 9.99. The van der Waals surface area contributed by atoms with Crippen LogP contribution in [0, 0.1) is 5.92 Å². The lowest BCUT2D eigenvalue weighted by molar-refractivity contribution is -0.141. The molecular weight excluding hydrogens is 230 g/mol. The third-order valence-corrected chi connectivity index (χ3v) is 3.94. The zero-order valence-electron chi connectivity index (χ0n) is 10.2. The summed E-state index contributed by atoms with van der Waals surface area (Å²) in [6.07, 6.45) is 1.71. The Kier molecular flexibility index (Phi) is 2.96. The highest BCUT2D eigenvalue weighted by molar-refractivity contribution is 5.70. The van der Waals surface area contributed by atoms with Crippen molar-refractivity contribution in [3.63, 3.8) is 0 Å². The molecule has 1 saturated heterocycles. The van der Waals surface area contributed by atoms with Gasteiger partial charge < -0.3 is 9.84 Å². The minimum absolute atomic E-state index is 0.208. The molecule has 0 radical (unpaired) electrons. The summed E-state index contributed by atoms with van der Waals surface area (Å²) in [5.41, 5.74) is 1.20. The molecule has 2 aliphatic rings. The van der Waals surface area contributed by atoms with Crippen LogP contribution in [0.2, 0.25) is 0 Å². The average molecular weight is 247 g/mol. The van der Waals surface area contributed by atoms with Gasteiger partial charge in [0.15, 0.2) is 0 Å². The van der Waals surface area contributed by atoms with Crippen LogP contribution in [-0.2, 0) is 4.79 Å². The average Bonchev–Trinajstić information content (AvgIpc) is 2.87. The first kappa shape index (κ1) is 11.5. The highest BCUT2D eigenvalue weighted by Crippen LogP contribution is 2.38. The third kappa shape index (κ3) is 1.97. The van der Waals surface area contributed by atoms with Crippen molar-refractivity contribution in [2.75, 3.05) is 19.7 Å². The molecule has 2 unspecified atom stereocenters. The molecule has 1 fully saturated rings. The van der Waals surface area contributed by atoms with Crippen LogP contribution in [0.5, 0.6) is 5.75 Å². The Balaban J connectivity index is 1.80. The summed E-state index contributed by atoms with van der Waals surface area (Å²) in [6.45, 7) is 2.25. The molecule has 0 aromatic heterocycles. The molecule has 4 nitrogen and oxygen atoms in total. The van der Waals surface area contributed by atoms with Crippen molar-refractivity contribution in [2.45, 2.75) is 18.9 Å². The molecular formula is C14H17NO3. The van der Waals surface area contributed by atoms with Crippen LogP contribution in [-0.4, -0.2) is 35.7 Å². The van der Waals surface area contributed by atoms with E-state index in [0.29, 0.717) is 12.6 Å². The smallest absolute Gasteiger partial charge is 0.307 e. The van der Waals surface area contributed by atoms with E-state index in [2.05, 4.69) is 11.0 Å². The third-order valence-electron chi connectivity index (χ3n) is 3.94. The van der Waals surface area contributed by atoms with E-state index in [1.165, 1.54) is 5.56 Å². The Labute approximate surface area is 106 Å². The SMILES string of the molecule is O=C(O)C1CCN(C2CCOc3ccccc32)C1. The summed E-state index contributed by atoms with van der Waals surface area (Å²) in [4.78, 5) is 13.3. The number of carbonyl (C=O) groups is 1. The van der Waals surface area contributed by atoms with Gasteiger partial charge in [0.1, 0.15) is 5.75 Å². The second-order valence-electron chi connectivity index (χ2n) is 5.01. The highest BCUT2D eigenvalue weighted by atomic mass is 16.5. The van der Waals surface area contributed by atoms with Gasteiger partial charge in [-0.1, -0.05) is 18.2 Å². The highest BCUT2D eigenvalue weighted by Gasteiger charge is 2.34. The first-order valence-corrected chi connectivity index (χ1v) is 6.44. The molecule has 96 valence electrons. The summed E-state index contributed by atoms with van der Waals surface area (Å²) in [5, 5.41) is 9.07. The van der Waals surface area contributed by atoms with E-state index in [-0.39, 0.29) is 5.92 Å². The minimum atomic E-state index is -0.669. The van der Waals surface area contributed by atoms with Crippen molar-refractivity contribution in [1.82, 2.24) is 4.90 Å². The fourth-order valence-electron chi connectivity index (χ4n) is 2.97. The van der Waals surface area contributed by atoms with Crippen molar-refractivity contribution in [2.24, 2.45) is 5.92 Å². The number of hydrogen-bond acceptors (Lipinski definition) is 3. The lowest BCUT2D eigenvalue weighted by Gasteiger charge is -2.33. The Morgan fingerprint density at radius 2 is 2.17 bits per heavy atom. The zero-order chi connectivity index (χ0) is 12.5. The number of rotatable bonds is 2. The van der Waals surface area contributed by atoms with Gasteiger partial charge in [-0.3, -0.25) is 9.69 Å². The minimum Gasteiger partial charge on any atom is -0.493 e. The molecule has 0 spiro atoms. The molecule has 0 amide bonds. The van der Waals surface area contributed by atoms with Gasteiger partial charge in [-0.2, -0.15) is 0 Å². The van der Waals surface area contributed by atoms with Crippen LogP contribution in [0.1, 0.15) is 24.4 Å². The molecule has 0 saturated carbocycles. The van der Waals surface area contributed by atoms with Gasteiger partial charge >= 0.3 is 5.97 Å². The van der Waals surface area contributed by atoms with E-state index in [0.717, 1.165) is 31.7 Å². The van der Waals surface area contributed by atoms with Crippen molar-refractivity contribution in [3.05, 3.63) is 29.8 Å². The van der Waals surface area contributed by atoms with Gasteiger partial charge in [0.25, 0.3) is 0 Å². The van der Waals surface area contributed by atoms with Gasteiger partial charge in [0, 0.05) is 24.6 Å². The summed E-state index contributed by atoms with van der Waals surface area (Å²) in [7, 11) is 0. The molecule has 2 heterocycles. The number of hydrogen-bond donors (Lipinski definition) is 1. The van der Waals surface area contributed by atoms with Gasteiger partial charge in [0.05, 0.1) is 12.5 Å². The first-order chi connectivity index (χ1) is 8.75. The van der Waals surface area contributed by atoms with Crippen LogP contribution in [0.15, 0.2) is 24.3 Å². The van der Waals surface area contributed by atoms with E-state index < -0.39 is 5.97 Å². The predicted molar refractivity (Wildman–Crippen MR) is 66.6 cm³/mol. The Bertz CT molecular complexity index is 460. The van der Waals surface area contributed by atoms with Crippen LogP contribution in [0.4, 0.5) is 0 Å². The van der Waals surface area contributed by atoms with Gasteiger partial charge in [0.2, 0.25) is 0 Å². The molecule has 2 atom stereocenters. The quantitative estimate of drug-likeness (QED) is 0.867. The molecule has 1 aromatic rings.